The summed E-state index contributed by atoms with van der Waals surface area (Å²) in [6.45, 7) is 0.618. The molecule has 0 spiro atoms. The first-order chi connectivity index (χ1) is 9.81. The van der Waals surface area contributed by atoms with Gasteiger partial charge in [-0.15, -0.1) is 0 Å². The molecular weight excluding hydrogens is 282 g/mol. The van der Waals surface area contributed by atoms with Gasteiger partial charge in [-0.25, -0.2) is 9.59 Å². The molecule has 1 unspecified atom stereocenters. The van der Waals surface area contributed by atoms with Crippen molar-refractivity contribution in [3.8, 4) is 0 Å². The lowest BCUT2D eigenvalue weighted by Crippen LogP contribution is -2.50. The second-order valence-electron chi connectivity index (χ2n) is 4.96. The normalized spacial score (nSPS) is 19.6. The number of aliphatic carboxylic acids is 2. The lowest BCUT2D eigenvalue weighted by Gasteiger charge is -2.31. The molecule has 1 heterocycles. The number of nitrogens with one attached hydrogen (secondary N) is 1. The molecule has 9 heteroatoms. The molecule has 9 nitrogen and oxygen atoms in total. The quantitative estimate of drug-likeness (QED) is 0.505. The van der Waals surface area contributed by atoms with E-state index in [4.69, 9.17) is 15.9 Å². The van der Waals surface area contributed by atoms with E-state index in [1.54, 1.807) is 0 Å². The number of carbonyl (C=O) groups excluding carboxylic acids is 2. The van der Waals surface area contributed by atoms with E-state index in [2.05, 4.69) is 5.32 Å². The maximum Gasteiger partial charge on any atom is 0.326 e. The molecule has 0 radical (unpaired) electrons. The van der Waals surface area contributed by atoms with E-state index >= 15 is 0 Å². The maximum absolute atomic E-state index is 12.0. The van der Waals surface area contributed by atoms with Crippen LogP contribution in [0.15, 0.2) is 0 Å². The average molecular weight is 301 g/mol. The van der Waals surface area contributed by atoms with E-state index in [-0.39, 0.29) is 19.4 Å². The smallest absolute Gasteiger partial charge is 0.326 e. The molecule has 0 aromatic rings. The minimum Gasteiger partial charge on any atom is -0.481 e. The highest BCUT2D eigenvalue weighted by Crippen LogP contribution is 2.16. The number of nitrogens with two attached hydrogens (primary N) is 1. The second kappa shape index (κ2) is 7.46. The fourth-order valence-corrected chi connectivity index (χ4v) is 2.21. The number of nitrogens with zero attached hydrogens (tertiary/aromatic N) is 1. The summed E-state index contributed by atoms with van der Waals surface area (Å²) in [7, 11) is 0. The number of likely N-dealkylation sites (tertiary alicyclic amines) is 1. The third-order valence-electron chi connectivity index (χ3n) is 3.37. The number of carboxylic acid groups (broad SMARTS) is 2. The largest absolute Gasteiger partial charge is 0.481 e. The van der Waals surface area contributed by atoms with Crippen LogP contribution in [0.5, 0.6) is 0 Å². The highest BCUT2D eigenvalue weighted by Gasteiger charge is 2.30. The van der Waals surface area contributed by atoms with Crippen LogP contribution in [0, 0.1) is 5.92 Å². The Morgan fingerprint density at radius 1 is 1.29 bits per heavy atom. The van der Waals surface area contributed by atoms with Gasteiger partial charge >= 0.3 is 18.0 Å². The van der Waals surface area contributed by atoms with Crippen LogP contribution < -0.4 is 11.1 Å². The number of carbonyl (C=O) groups is 4. The van der Waals surface area contributed by atoms with Gasteiger partial charge in [0.1, 0.15) is 6.04 Å². The van der Waals surface area contributed by atoms with Gasteiger partial charge in [-0.05, 0) is 19.3 Å². The van der Waals surface area contributed by atoms with Crippen LogP contribution in [0.25, 0.3) is 0 Å². The third kappa shape index (κ3) is 5.28. The van der Waals surface area contributed by atoms with Crippen molar-refractivity contribution in [1.29, 1.82) is 0 Å². The predicted octanol–water partition coefficient (Wildman–Crippen LogP) is -0.789. The highest BCUT2D eigenvalue weighted by molar-refractivity contribution is 5.86. The molecule has 1 rings (SSSR count). The summed E-state index contributed by atoms with van der Waals surface area (Å²) >= 11 is 0. The Balaban J connectivity index is 2.58. The van der Waals surface area contributed by atoms with Gasteiger partial charge in [0.05, 0.1) is 5.92 Å². The van der Waals surface area contributed by atoms with Gasteiger partial charge in [-0.2, -0.15) is 0 Å². The van der Waals surface area contributed by atoms with E-state index in [9.17, 15) is 19.2 Å². The van der Waals surface area contributed by atoms with Crippen molar-refractivity contribution < 1.29 is 29.4 Å². The Labute approximate surface area is 121 Å². The van der Waals surface area contributed by atoms with Crippen LogP contribution in [0.2, 0.25) is 0 Å². The summed E-state index contributed by atoms with van der Waals surface area (Å²) in [5.74, 6) is -3.45. The average Bonchev–Trinajstić information content (AvgIpc) is 2.42. The molecule has 0 aromatic carbocycles. The predicted molar refractivity (Wildman–Crippen MR) is 70.3 cm³/mol. The van der Waals surface area contributed by atoms with E-state index in [1.165, 1.54) is 4.90 Å². The molecule has 5 N–H and O–H groups in total. The van der Waals surface area contributed by atoms with Crippen LogP contribution in [-0.4, -0.2) is 58.1 Å². The summed E-state index contributed by atoms with van der Waals surface area (Å²) in [4.78, 5) is 45.9. The minimum atomic E-state index is -1.29. The SMILES string of the molecule is NC(=O)N1CCCC(C(=O)N[C@@H](CCC(=O)O)C(=O)O)C1. The first-order valence-corrected chi connectivity index (χ1v) is 6.60. The molecule has 21 heavy (non-hydrogen) atoms. The molecule has 1 fully saturated rings. The van der Waals surface area contributed by atoms with Gasteiger partial charge in [0, 0.05) is 19.5 Å². The van der Waals surface area contributed by atoms with Crippen molar-refractivity contribution in [2.45, 2.75) is 31.7 Å². The number of urea groups is 1. The van der Waals surface area contributed by atoms with Crippen LogP contribution >= 0.6 is 0 Å². The number of rotatable bonds is 6. The summed E-state index contributed by atoms with van der Waals surface area (Å²) in [5, 5.41) is 19.9. The Hall–Kier alpha value is -2.32. The Morgan fingerprint density at radius 3 is 2.48 bits per heavy atom. The molecule has 1 aliphatic rings. The molecule has 0 aromatic heterocycles. The summed E-state index contributed by atoms with van der Waals surface area (Å²) < 4.78 is 0. The summed E-state index contributed by atoms with van der Waals surface area (Å²) in [6, 6.07) is -1.87. The fourth-order valence-electron chi connectivity index (χ4n) is 2.21. The Bertz CT molecular complexity index is 439. The fraction of sp³-hybridized carbons (Fsp3) is 0.667. The van der Waals surface area contributed by atoms with Crippen molar-refractivity contribution in [3.63, 3.8) is 0 Å². The number of hydrogen-bond donors (Lipinski definition) is 4. The second-order valence-corrected chi connectivity index (χ2v) is 4.96. The minimum absolute atomic E-state index is 0.145. The molecule has 1 saturated heterocycles. The van der Waals surface area contributed by atoms with Crippen LogP contribution in [-0.2, 0) is 14.4 Å². The van der Waals surface area contributed by atoms with E-state index < -0.39 is 35.8 Å². The molecule has 0 aliphatic carbocycles. The van der Waals surface area contributed by atoms with Crippen LogP contribution in [0.1, 0.15) is 25.7 Å². The monoisotopic (exact) mass is 301 g/mol. The standard InChI is InChI=1S/C12H19N3O6/c13-12(21)15-5-1-2-7(6-15)10(18)14-8(11(19)20)3-4-9(16)17/h7-8H,1-6H2,(H2,13,21)(H,14,18)(H,16,17)(H,19,20)/t7?,8-/m0/s1. The number of amides is 3. The van der Waals surface area contributed by atoms with Gasteiger partial charge in [-0.1, -0.05) is 0 Å². The maximum atomic E-state index is 12.0. The zero-order valence-electron chi connectivity index (χ0n) is 11.4. The molecule has 0 bridgehead atoms. The number of hydrogen-bond acceptors (Lipinski definition) is 4. The first-order valence-electron chi connectivity index (χ1n) is 6.60. The van der Waals surface area contributed by atoms with Gasteiger partial charge in [0.25, 0.3) is 0 Å². The number of primary amides is 1. The van der Waals surface area contributed by atoms with Crippen molar-refractivity contribution in [3.05, 3.63) is 0 Å². The van der Waals surface area contributed by atoms with Gasteiger partial charge in [-0.3, -0.25) is 9.59 Å². The summed E-state index contributed by atoms with van der Waals surface area (Å²) in [6.07, 6.45) is 0.590. The highest BCUT2D eigenvalue weighted by atomic mass is 16.4. The summed E-state index contributed by atoms with van der Waals surface area (Å²) in [5.41, 5.74) is 5.16. The first kappa shape index (κ1) is 16.7. The van der Waals surface area contributed by atoms with Gasteiger partial charge in [0.2, 0.25) is 5.91 Å². The number of carboxylic acids is 2. The van der Waals surface area contributed by atoms with E-state index in [1.807, 2.05) is 0 Å². The Kier molecular flexibility index (Phi) is 5.94. The van der Waals surface area contributed by atoms with Crippen molar-refractivity contribution in [2.75, 3.05) is 13.1 Å². The molecule has 2 atom stereocenters. The van der Waals surface area contributed by atoms with Crippen molar-refractivity contribution in [2.24, 2.45) is 11.7 Å². The lowest BCUT2D eigenvalue weighted by molar-refractivity contribution is -0.144. The lowest BCUT2D eigenvalue weighted by atomic mass is 9.96. The molecule has 1 aliphatic heterocycles. The number of piperidine rings is 1. The molecular formula is C12H19N3O6. The van der Waals surface area contributed by atoms with E-state index in [0.29, 0.717) is 19.4 Å². The van der Waals surface area contributed by atoms with Crippen LogP contribution in [0.3, 0.4) is 0 Å². The topological polar surface area (TPSA) is 150 Å². The molecule has 118 valence electrons. The zero-order chi connectivity index (χ0) is 16.0. The van der Waals surface area contributed by atoms with Gasteiger partial charge < -0.3 is 26.2 Å². The van der Waals surface area contributed by atoms with Crippen LogP contribution in [0.4, 0.5) is 4.79 Å². The molecule has 3 amide bonds. The molecule has 0 saturated carbocycles. The third-order valence-corrected chi connectivity index (χ3v) is 3.37. The van der Waals surface area contributed by atoms with Crippen molar-refractivity contribution in [1.82, 2.24) is 10.2 Å². The van der Waals surface area contributed by atoms with Crippen molar-refractivity contribution >= 4 is 23.9 Å². The Morgan fingerprint density at radius 2 is 1.95 bits per heavy atom. The van der Waals surface area contributed by atoms with E-state index in [0.717, 1.165) is 0 Å². The zero-order valence-corrected chi connectivity index (χ0v) is 11.4. The van der Waals surface area contributed by atoms with Gasteiger partial charge in [0.15, 0.2) is 0 Å².